The summed E-state index contributed by atoms with van der Waals surface area (Å²) in [5.41, 5.74) is 0.942. The summed E-state index contributed by atoms with van der Waals surface area (Å²) >= 11 is 0. The number of hydrogen-bond donors (Lipinski definition) is 2. The fourth-order valence-electron chi connectivity index (χ4n) is 3.40. The zero-order valence-electron chi connectivity index (χ0n) is 16.2. The van der Waals surface area contributed by atoms with Crippen LogP contribution >= 0.6 is 0 Å². The molecule has 0 aromatic carbocycles. The summed E-state index contributed by atoms with van der Waals surface area (Å²) in [5, 5.41) is 14.3. The number of aromatic nitrogens is 4. The monoisotopic (exact) mass is 374 g/mol. The molecule has 27 heavy (non-hydrogen) atoms. The van der Waals surface area contributed by atoms with Crippen molar-refractivity contribution in [1.29, 1.82) is 0 Å². The van der Waals surface area contributed by atoms with E-state index in [1.807, 2.05) is 25.3 Å². The summed E-state index contributed by atoms with van der Waals surface area (Å²) in [6.07, 6.45) is 2.23. The van der Waals surface area contributed by atoms with Crippen LogP contribution in [0.1, 0.15) is 54.7 Å². The number of rotatable bonds is 5. The summed E-state index contributed by atoms with van der Waals surface area (Å²) in [4.78, 5) is 25.5. The third-order valence-electron chi connectivity index (χ3n) is 4.77. The van der Waals surface area contributed by atoms with E-state index in [9.17, 15) is 9.59 Å². The van der Waals surface area contributed by atoms with Crippen LogP contribution in [0.3, 0.4) is 0 Å². The van der Waals surface area contributed by atoms with E-state index in [0.717, 1.165) is 0 Å². The van der Waals surface area contributed by atoms with Crippen LogP contribution in [0.2, 0.25) is 0 Å². The minimum Gasteiger partial charge on any atom is -0.496 e. The van der Waals surface area contributed by atoms with Gasteiger partial charge in [0.2, 0.25) is 0 Å². The van der Waals surface area contributed by atoms with E-state index >= 15 is 0 Å². The molecular weight excluding hydrogens is 348 g/mol. The third kappa shape index (κ3) is 3.73. The molecule has 1 atom stereocenters. The highest BCUT2D eigenvalue weighted by Crippen LogP contribution is 2.23. The molecule has 2 aromatic heterocycles. The van der Waals surface area contributed by atoms with Crippen LogP contribution in [0.15, 0.2) is 17.2 Å². The molecule has 0 spiro atoms. The SMILES string of the molecule is COc1cc(=O)n2c(c1C(=O)N[C@H](C)c1nncn1C(C)C)CCNCC2. The van der Waals surface area contributed by atoms with Gasteiger partial charge in [0.05, 0.1) is 13.2 Å². The molecule has 0 radical (unpaired) electrons. The molecule has 2 N–H and O–H groups in total. The minimum atomic E-state index is -0.344. The first kappa shape index (κ1) is 19.1. The maximum atomic E-state index is 13.1. The molecule has 0 saturated heterocycles. The maximum Gasteiger partial charge on any atom is 0.257 e. The second-order valence-corrected chi connectivity index (χ2v) is 6.91. The van der Waals surface area contributed by atoms with Gasteiger partial charge in [-0.2, -0.15) is 0 Å². The summed E-state index contributed by atoms with van der Waals surface area (Å²) < 4.78 is 8.93. The maximum absolute atomic E-state index is 13.1. The molecule has 3 heterocycles. The first-order valence-corrected chi connectivity index (χ1v) is 9.15. The van der Waals surface area contributed by atoms with E-state index in [4.69, 9.17) is 4.74 Å². The van der Waals surface area contributed by atoms with Gasteiger partial charge in [-0.3, -0.25) is 9.59 Å². The van der Waals surface area contributed by atoms with Crippen molar-refractivity contribution in [2.75, 3.05) is 20.2 Å². The Morgan fingerprint density at radius 2 is 2.11 bits per heavy atom. The molecule has 0 aliphatic carbocycles. The van der Waals surface area contributed by atoms with Crippen molar-refractivity contribution >= 4 is 5.91 Å². The minimum absolute atomic E-state index is 0.158. The van der Waals surface area contributed by atoms with E-state index in [-0.39, 0.29) is 23.6 Å². The Morgan fingerprint density at radius 3 is 2.81 bits per heavy atom. The summed E-state index contributed by atoms with van der Waals surface area (Å²) in [5.74, 6) is 0.685. The number of nitrogens with one attached hydrogen (secondary N) is 2. The average Bonchev–Trinajstić information content (AvgIpc) is 3.00. The molecule has 1 amide bonds. The molecule has 1 aliphatic heterocycles. The Morgan fingerprint density at radius 1 is 1.33 bits per heavy atom. The van der Waals surface area contributed by atoms with Crippen molar-refractivity contribution in [2.24, 2.45) is 0 Å². The van der Waals surface area contributed by atoms with Crippen molar-refractivity contribution < 1.29 is 9.53 Å². The second kappa shape index (κ2) is 7.91. The van der Waals surface area contributed by atoms with Crippen LogP contribution in [-0.2, 0) is 13.0 Å². The van der Waals surface area contributed by atoms with Gasteiger partial charge < -0.3 is 24.5 Å². The van der Waals surface area contributed by atoms with Crippen LogP contribution in [0.25, 0.3) is 0 Å². The van der Waals surface area contributed by atoms with E-state index in [1.54, 1.807) is 10.9 Å². The molecular formula is C18H26N6O3. The predicted octanol–water partition coefficient (Wildman–Crippen LogP) is 0.666. The van der Waals surface area contributed by atoms with Gasteiger partial charge in [0, 0.05) is 43.9 Å². The van der Waals surface area contributed by atoms with Crippen molar-refractivity contribution in [3.8, 4) is 5.75 Å². The molecule has 1 aliphatic rings. The van der Waals surface area contributed by atoms with Crippen LogP contribution in [0, 0.1) is 0 Å². The first-order chi connectivity index (χ1) is 12.9. The number of carbonyl (C=O) groups is 1. The number of methoxy groups -OCH3 is 1. The largest absolute Gasteiger partial charge is 0.496 e. The van der Waals surface area contributed by atoms with Crippen LogP contribution in [-0.4, -0.2) is 45.4 Å². The van der Waals surface area contributed by atoms with Gasteiger partial charge in [0.15, 0.2) is 5.82 Å². The lowest BCUT2D eigenvalue weighted by Crippen LogP contribution is -2.33. The fourth-order valence-corrected chi connectivity index (χ4v) is 3.40. The van der Waals surface area contributed by atoms with Crippen molar-refractivity contribution in [3.05, 3.63) is 39.8 Å². The van der Waals surface area contributed by atoms with Crippen LogP contribution < -0.4 is 20.9 Å². The second-order valence-electron chi connectivity index (χ2n) is 6.91. The van der Waals surface area contributed by atoms with E-state index in [0.29, 0.717) is 48.9 Å². The Hall–Kier alpha value is -2.68. The molecule has 0 saturated carbocycles. The zero-order valence-corrected chi connectivity index (χ0v) is 16.2. The Bertz CT molecular complexity index is 886. The Labute approximate surface area is 157 Å². The van der Waals surface area contributed by atoms with Crippen molar-refractivity contribution in [3.63, 3.8) is 0 Å². The standard InChI is InChI=1S/C18H26N6O3/c1-11(2)24-10-20-22-17(24)12(3)21-18(26)16-13-5-6-19-7-8-23(13)15(25)9-14(16)27-4/h9-12,19H,5-8H2,1-4H3,(H,21,26)/t12-/m1/s1. The van der Waals surface area contributed by atoms with Gasteiger partial charge in [-0.15, -0.1) is 10.2 Å². The summed E-state index contributed by atoms with van der Waals surface area (Å²) in [7, 11) is 1.47. The molecule has 9 heteroatoms. The lowest BCUT2D eigenvalue weighted by Gasteiger charge is -2.20. The van der Waals surface area contributed by atoms with Crippen molar-refractivity contribution in [2.45, 2.75) is 45.8 Å². The zero-order chi connectivity index (χ0) is 19.6. The number of ether oxygens (including phenoxy) is 1. The fraction of sp³-hybridized carbons (Fsp3) is 0.556. The van der Waals surface area contributed by atoms with Gasteiger partial charge >= 0.3 is 0 Å². The Balaban J connectivity index is 1.96. The molecule has 0 fully saturated rings. The molecule has 9 nitrogen and oxygen atoms in total. The lowest BCUT2D eigenvalue weighted by molar-refractivity contribution is 0.0932. The summed E-state index contributed by atoms with van der Waals surface area (Å²) in [6.45, 7) is 7.83. The number of nitrogens with zero attached hydrogens (tertiary/aromatic N) is 4. The highest BCUT2D eigenvalue weighted by atomic mass is 16.5. The number of pyridine rings is 1. The smallest absolute Gasteiger partial charge is 0.257 e. The van der Waals surface area contributed by atoms with Gasteiger partial charge in [-0.25, -0.2) is 0 Å². The molecule has 0 unspecified atom stereocenters. The molecule has 2 aromatic rings. The topological polar surface area (TPSA) is 103 Å². The number of fused-ring (bicyclic) bond motifs is 1. The van der Waals surface area contributed by atoms with Crippen LogP contribution in [0.5, 0.6) is 5.75 Å². The van der Waals surface area contributed by atoms with Gasteiger partial charge in [-0.1, -0.05) is 0 Å². The molecule has 146 valence electrons. The highest BCUT2D eigenvalue weighted by Gasteiger charge is 2.26. The van der Waals surface area contributed by atoms with Gasteiger partial charge in [0.25, 0.3) is 11.5 Å². The number of carbonyl (C=O) groups excluding carboxylic acids is 1. The van der Waals surface area contributed by atoms with Crippen molar-refractivity contribution in [1.82, 2.24) is 30.0 Å². The van der Waals surface area contributed by atoms with E-state index in [1.165, 1.54) is 13.2 Å². The van der Waals surface area contributed by atoms with Gasteiger partial charge in [0.1, 0.15) is 17.6 Å². The molecule has 3 rings (SSSR count). The predicted molar refractivity (Wildman–Crippen MR) is 100 cm³/mol. The average molecular weight is 374 g/mol. The van der Waals surface area contributed by atoms with E-state index < -0.39 is 0 Å². The Kier molecular flexibility index (Phi) is 5.59. The highest BCUT2D eigenvalue weighted by molar-refractivity contribution is 5.98. The van der Waals surface area contributed by atoms with Crippen LogP contribution in [0.4, 0.5) is 0 Å². The normalized spacial score (nSPS) is 15.1. The summed E-state index contributed by atoms with van der Waals surface area (Å²) in [6, 6.07) is 1.22. The quantitative estimate of drug-likeness (QED) is 0.797. The third-order valence-corrected chi connectivity index (χ3v) is 4.77. The molecule has 0 bridgehead atoms. The van der Waals surface area contributed by atoms with E-state index in [2.05, 4.69) is 20.8 Å². The first-order valence-electron chi connectivity index (χ1n) is 9.15. The van der Waals surface area contributed by atoms with Gasteiger partial charge in [-0.05, 0) is 20.8 Å². The number of amides is 1. The lowest BCUT2D eigenvalue weighted by atomic mass is 10.1. The number of hydrogen-bond acceptors (Lipinski definition) is 6.